The number of hydrogen-bond donors (Lipinski definition) is 2. The molecular formula is C11H15NO2S. The SMILES string of the molecule is Cc1ccc(SCC(C)C(=O)O)c(N)c1. The number of aryl methyl sites for hydroxylation is 1. The van der Waals surface area contributed by atoms with Crippen molar-refractivity contribution in [3.05, 3.63) is 23.8 Å². The third kappa shape index (κ3) is 3.47. The molecule has 0 spiro atoms. The monoisotopic (exact) mass is 225 g/mol. The molecule has 0 radical (unpaired) electrons. The van der Waals surface area contributed by atoms with Gasteiger partial charge in [-0.3, -0.25) is 4.79 Å². The lowest BCUT2D eigenvalue weighted by Gasteiger charge is -2.08. The van der Waals surface area contributed by atoms with Gasteiger partial charge in [0.25, 0.3) is 0 Å². The Kier molecular flexibility index (Phi) is 4.03. The van der Waals surface area contributed by atoms with Crippen LogP contribution in [0.1, 0.15) is 12.5 Å². The van der Waals surface area contributed by atoms with E-state index in [2.05, 4.69) is 0 Å². The molecule has 0 saturated carbocycles. The molecule has 0 saturated heterocycles. The highest BCUT2D eigenvalue weighted by molar-refractivity contribution is 7.99. The number of nitrogens with two attached hydrogens (primary N) is 1. The molecule has 0 fully saturated rings. The van der Waals surface area contributed by atoms with Gasteiger partial charge in [0.15, 0.2) is 0 Å². The fourth-order valence-electron chi connectivity index (χ4n) is 1.09. The predicted molar refractivity (Wildman–Crippen MR) is 63.1 cm³/mol. The quantitative estimate of drug-likeness (QED) is 0.610. The van der Waals surface area contributed by atoms with Gasteiger partial charge in [0, 0.05) is 16.3 Å². The topological polar surface area (TPSA) is 63.3 Å². The second kappa shape index (κ2) is 5.07. The molecule has 1 aromatic carbocycles. The third-order valence-corrected chi connectivity index (χ3v) is 3.43. The molecule has 1 unspecified atom stereocenters. The minimum Gasteiger partial charge on any atom is -0.481 e. The largest absolute Gasteiger partial charge is 0.481 e. The van der Waals surface area contributed by atoms with Gasteiger partial charge in [-0.05, 0) is 24.6 Å². The standard InChI is InChI=1S/C11H15NO2S/c1-7-3-4-10(9(12)5-7)15-6-8(2)11(13)14/h3-5,8H,6,12H2,1-2H3,(H,13,14). The Hall–Kier alpha value is -1.16. The summed E-state index contributed by atoms with van der Waals surface area (Å²) in [5, 5.41) is 8.73. The lowest BCUT2D eigenvalue weighted by Crippen LogP contribution is -2.11. The van der Waals surface area contributed by atoms with Crippen LogP contribution in [0.2, 0.25) is 0 Å². The minimum absolute atomic E-state index is 0.351. The highest BCUT2D eigenvalue weighted by Crippen LogP contribution is 2.27. The Bertz CT molecular complexity index is 366. The summed E-state index contributed by atoms with van der Waals surface area (Å²) in [5.74, 6) is -0.577. The molecule has 0 aliphatic heterocycles. The van der Waals surface area contributed by atoms with Crippen molar-refractivity contribution < 1.29 is 9.90 Å². The van der Waals surface area contributed by atoms with E-state index in [0.29, 0.717) is 5.75 Å². The normalized spacial score (nSPS) is 12.4. The molecule has 0 heterocycles. The van der Waals surface area contributed by atoms with E-state index in [1.165, 1.54) is 11.8 Å². The number of hydrogen-bond acceptors (Lipinski definition) is 3. The maximum Gasteiger partial charge on any atom is 0.307 e. The third-order valence-electron chi connectivity index (χ3n) is 2.08. The number of nitrogen functional groups attached to an aromatic ring is 1. The van der Waals surface area contributed by atoms with E-state index in [4.69, 9.17) is 10.8 Å². The van der Waals surface area contributed by atoms with Crippen molar-refractivity contribution in [1.82, 2.24) is 0 Å². The van der Waals surface area contributed by atoms with Crippen LogP contribution >= 0.6 is 11.8 Å². The number of aliphatic carboxylic acids is 1. The van der Waals surface area contributed by atoms with Gasteiger partial charge in [-0.2, -0.15) is 0 Å². The number of carboxylic acids is 1. The van der Waals surface area contributed by atoms with Crippen LogP contribution in [0.15, 0.2) is 23.1 Å². The van der Waals surface area contributed by atoms with E-state index in [-0.39, 0.29) is 5.92 Å². The number of carbonyl (C=O) groups is 1. The number of anilines is 1. The molecule has 1 rings (SSSR count). The Labute approximate surface area is 93.7 Å². The maximum absolute atomic E-state index is 10.6. The molecule has 0 aliphatic rings. The van der Waals surface area contributed by atoms with Gasteiger partial charge in [0.05, 0.1) is 5.92 Å². The number of thioether (sulfide) groups is 1. The van der Waals surface area contributed by atoms with Crippen LogP contribution in [0.4, 0.5) is 5.69 Å². The van der Waals surface area contributed by atoms with E-state index >= 15 is 0 Å². The van der Waals surface area contributed by atoms with Crippen molar-refractivity contribution in [2.75, 3.05) is 11.5 Å². The van der Waals surface area contributed by atoms with Gasteiger partial charge in [0.1, 0.15) is 0 Å². The Morgan fingerprint density at radius 1 is 1.60 bits per heavy atom. The summed E-state index contributed by atoms with van der Waals surface area (Å²) in [6, 6.07) is 5.81. The molecule has 1 aromatic rings. The van der Waals surface area contributed by atoms with E-state index in [1.54, 1.807) is 6.92 Å². The van der Waals surface area contributed by atoms with Crippen molar-refractivity contribution in [2.24, 2.45) is 5.92 Å². The fraction of sp³-hybridized carbons (Fsp3) is 0.364. The summed E-state index contributed by atoms with van der Waals surface area (Å²) in [6.45, 7) is 3.67. The second-order valence-corrected chi connectivity index (χ2v) is 4.65. The highest BCUT2D eigenvalue weighted by Gasteiger charge is 2.11. The van der Waals surface area contributed by atoms with Crippen molar-refractivity contribution in [3.63, 3.8) is 0 Å². The lowest BCUT2D eigenvalue weighted by molar-refractivity contribution is -0.140. The first-order valence-electron chi connectivity index (χ1n) is 4.72. The zero-order valence-electron chi connectivity index (χ0n) is 8.86. The summed E-state index contributed by atoms with van der Waals surface area (Å²) in [5.41, 5.74) is 7.65. The molecule has 3 N–H and O–H groups in total. The average molecular weight is 225 g/mol. The van der Waals surface area contributed by atoms with Gasteiger partial charge in [-0.1, -0.05) is 13.0 Å². The van der Waals surface area contributed by atoms with Crippen molar-refractivity contribution in [3.8, 4) is 0 Å². The number of rotatable bonds is 4. The molecule has 0 bridgehead atoms. The molecule has 0 amide bonds. The first-order chi connectivity index (χ1) is 7.00. The molecule has 1 atom stereocenters. The summed E-state index contributed by atoms with van der Waals surface area (Å²) in [7, 11) is 0. The van der Waals surface area contributed by atoms with Crippen molar-refractivity contribution in [2.45, 2.75) is 18.7 Å². The van der Waals surface area contributed by atoms with Gasteiger partial charge in [-0.15, -0.1) is 11.8 Å². The van der Waals surface area contributed by atoms with Crippen molar-refractivity contribution in [1.29, 1.82) is 0 Å². The highest BCUT2D eigenvalue weighted by atomic mass is 32.2. The van der Waals surface area contributed by atoms with Gasteiger partial charge in [0.2, 0.25) is 0 Å². The second-order valence-electron chi connectivity index (χ2n) is 3.59. The smallest absolute Gasteiger partial charge is 0.307 e. The minimum atomic E-state index is -0.770. The fourth-order valence-corrected chi connectivity index (χ4v) is 2.05. The molecule has 82 valence electrons. The summed E-state index contributed by atoms with van der Waals surface area (Å²) in [4.78, 5) is 11.6. The Morgan fingerprint density at radius 3 is 2.80 bits per heavy atom. The lowest BCUT2D eigenvalue weighted by atomic mass is 10.2. The van der Waals surface area contributed by atoms with Gasteiger partial charge in [-0.25, -0.2) is 0 Å². The molecule has 3 nitrogen and oxygen atoms in total. The predicted octanol–water partition coefficient (Wildman–Crippen LogP) is 2.39. The van der Waals surface area contributed by atoms with E-state index < -0.39 is 5.97 Å². The van der Waals surface area contributed by atoms with Crippen LogP contribution in [-0.4, -0.2) is 16.8 Å². The Morgan fingerprint density at radius 2 is 2.27 bits per heavy atom. The summed E-state index contributed by atoms with van der Waals surface area (Å²) in [6.07, 6.45) is 0. The molecule has 4 heteroatoms. The summed E-state index contributed by atoms with van der Waals surface area (Å²) < 4.78 is 0. The molecule has 0 aliphatic carbocycles. The Balaban J connectivity index is 2.62. The van der Waals surface area contributed by atoms with Gasteiger partial charge < -0.3 is 10.8 Å². The van der Waals surface area contributed by atoms with Crippen LogP contribution in [0.3, 0.4) is 0 Å². The number of carboxylic acid groups (broad SMARTS) is 1. The van der Waals surface area contributed by atoms with Crippen LogP contribution < -0.4 is 5.73 Å². The average Bonchev–Trinajstić information content (AvgIpc) is 2.15. The van der Waals surface area contributed by atoms with Crippen LogP contribution in [0.25, 0.3) is 0 Å². The van der Waals surface area contributed by atoms with E-state index in [1.807, 2.05) is 25.1 Å². The van der Waals surface area contributed by atoms with Crippen LogP contribution in [-0.2, 0) is 4.79 Å². The van der Waals surface area contributed by atoms with Crippen molar-refractivity contribution >= 4 is 23.4 Å². The summed E-state index contributed by atoms with van der Waals surface area (Å²) >= 11 is 1.49. The molecule has 15 heavy (non-hydrogen) atoms. The van der Waals surface area contributed by atoms with Crippen LogP contribution in [0.5, 0.6) is 0 Å². The first kappa shape index (κ1) is 11.9. The maximum atomic E-state index is 10.6. The van der Waals surface area contributed by atoms with E-state index in [9.17, 15) is 4.79 Å². The molecule has 0 aromatic heterocycles. The van der Waals surface area contributed by atoms with Gasteiger partial charge >= 0.3 is 5.97 Å². The van der Waals surface area contributed by atoms with E-state index in [0.717, 1.165) is 16.1 Å². The molecular weight excluding hydrogens is 210 g/mol. The van der Waals surface area contributed by atoms with Crippen LogP contribution in [0, 0.1) is 12.8 Å². The zero-order valence-corrected chi connectivity index (χ0v) is 9.67. The zero-order chi connectivity index (χ0) is 11.4. The number of benzene rings is 1. The first-order valence-corrected chi connectivity index (χ1v) is 5.71.